The Morgan fingerprint density at radius 1 is 1.56 bits per heavy atom. The van der Waals surface area contributed by atoms with Crippen molar-refractivity contribution >= 4 is 38.9 Å². The molecule has 0 spiro atoms. The minimum atomic E-state index is -4.31. The molecule has 1 nitrogen and oxygen atoms in total. The summed E-state index contributed by atoms with van der Waals surface area (Å²) >= 11 is 10.7. The molecule has 1 aromatic rings. The van der Waals surface area contributed by atoms with Gasteiger partial charge in [0.05, 0.1) is 12.0 Å². The van der Waals surface area contributed by atoms with Gasteiger partial charge in [-0.2, -0.15) is 13.2 Å². The number of ether oxygens (including phenoxy) is 1. The van der Waals surface area contributed by atoms with Gasteiger partial charge >= 0.3 is 6.18 Å². The van der Waals surface area contributed by atoms with E-state index in [0.717, 1.165) is 14.2 Å². The van der Waals surface area contributed by atoms with Gasteiger partial charge in [0.25, 0.3) is 0 Å². The number of halogens is 5. The number of thiophene rings is 1. The summed E-state index contributed by atoms with van der Waals surface area (Å²) in [5.41, 5.74) is 0. The van der Waals surface area contributed by atoms with Crippen LogP contribution in [-0.4, -0.2) is 19.4 Å². The highest BCUT2D eigenvalue weighted by Gasteiger charge is 2.28. The zero-order valence-corrected chi connectivity index (χ0v) is 11.4. The Morgan fingerprint density at radius 3 is 2.62 bits per heavy atom. The molecule has 0 bridgehead atoms. The zero-order valence-electron chi connectivity index (χ0n) is 8.28. The molecule has 0 aliphatic carbocycles. The molecule has 0 aliphatic heterocycles. The van der Waals surface area contributed by atoms with E-state index in [1.54, 1.807) is 0 Å². The Hall–Kier alpha value is 0.220. The van der Waals surface area contributed by atoms with Crippen LogP contribution in [0.5, 0.6) is 0 Å². The second-order valence-corrected chi connectivity index (χ2v) is 5.84. The molecule has 7 heteroatoms. The molecule has 16 heavy (non-hydrogen) atoms. The van der Waals surface area contributed by atoms with E-state index >= 15 is 0 Å². The maximum atomic E-state index is 11.8. The molecule has 92 valence electrons. The standard InChI is InChI=1S/C9H9BrClF3OS/c1-5-2-6(10)8(16-5)7(11)3-15-4-9(12,13)14/h2,7H,3-4H2,1H3. The molecule has 0 saturated heterocycles. The number of hydrogen-bond acceptors (Lipinski definition) is 2. The monoisotopic (exact) mass is 336 g/mol. The smallest absolute Gasteiger partial charge is 0.370 e. The van der Waals surface area contributed by atoms with Crippen LogP contribution < -0.4 is 0 Å². The fourth-order valence-electron chi connectivity index (χ4n) is 1.07. The van der Waals surface area contributed by atoms with Gasteiger partial charge in [0, 0.05) is 14.2 Å². The van der Waals surface area contributed by atoms with Crippen LogP contribution in [-0.2, 0) is 4.74 Å². The van der Waals surface area contributed by atoms with E-state index in [4.69, 9.17) is 11.6 Å². The Bertz CT molecular complexity index is 353. The first-order valence-electron chi connectivity index (χ1n) is 4.34. The molecule has 1 aromatic heterocycles. The summed E-state index contributed by atoms with van der Waals surface area (Å²) in [6.45, 7) is 0.483. The summed E-state index contributed by atoms with van der Waals surface area (Å²) in [5.74, 6) is 0. The normalized spacial score (nSPS) is 14.1. The molecular formula is C9H9BrClF3OS. The van der Waals surface area contributed by atoms with Gasteiger partial charge < -0.3 is 4.74 Å². The van der Waals surface area contributed by atoms with E-state index in [1.165, 1.54) is 11.3 Å². The molecule has 0 saturated carbocycles. The summed E-state index contributed by atoms with van der Waals surface area (Å²) in [5, 5.41) is -0.560. The molecule has 1 heterocycles. The number of aryl methyl sites for hydroxylation is 1. The van der Waals surface area contributed by atoms with E-state index in [9.17, 15) is 13.2 Å². The van der Waals surface area contributed by atoms with E-state index in [-0.39, 0.29) is 6.61 Å². The maximum Gasteiger partial charge on any atom is 0.411 e. The predicted molar refractivity (Wildman–Crippen MR) is 62.2 cm³/mol. The van der Waals surface area contributed by atoms with Crippen molar-refractivity contribution in [2.75, 3.05) is 13.2 Å². The highest BCUT2D eigenvalue weighted by molar-refractivity contribution is 9.10. The van der Waals surface area contributed by atoms with Crippen molar-refractivity contribution in [1.82, 2.24) is 0 Å². The van der Waals surface area contributed by atoms with Crippen molar-refractivity contribution in [2.45, 2.75) is 18.5 Å². The average Bonchev–Trinajstić information content (AvgIpc) is 2.43. The van der Waals surface area contributed by atoms with Crippen LogP contribution in [0.2, 0.25) is 0 Å². The van der Waals surface area contributed by atoms with Gasteiger partial charge in [0.1, 0.15) is 6.61 Å². The molecule has 1 atom stereocenters. The number of alkyl halides is 4. The van der Waals surface area contributed by atoms with E-state index in [2.05, 4.69) is 20.7 Å². The lowest BCUT2D eigenvalue weighted by Crippen LogP contribution is -2.18. The quantitative estimate of drug-likeness (QED) is 0.725. The average molecular weight is 338 g/mol. The molecular weight excluding hydrogens is 329 g/mol. The first-order valence-corrected chi connectivity index (χ1v) is 6.38. The van der Waals surface area contributed by atoms with Crippen LogP contribution >= 0.6 is 38.9 Å². The highest BCUT2D eigenvalue weighted by Crippen LogP contribution is 2.35. The zero-order chi connectivity index (χ0) is 12.3. The van der Waals surface area contributed by atoms with Gasteiger partial charge in [-0.1, -0.05) is 0 Å². The van der Waals surface area contributed by atoms with Crippen LogP contribution in [0.15, 0.2) is 10.5 Å². The third-order valence-electron chi connectivity index (χ3n) is 1.65. The van der Waals surface area contributed by atoms with Crippen LogP contribution in [0.25, 0.3) is 0 Å². The molecule has 1 unspecified atom stereocenters. The van der Waals surface area contributed by atoms with Gasteiger partial charge in [0.15, 0.2) is 0 Å². The van der Waals surface area contributed by atoms with E-state index in [0.29, 0.717) is 0 Å². The SMILES string of the molecule is Cc1cc(Br)c(C(Cl)COCC(F)(F)F)s1. The van der Waals surface area contributed by atoms with Crippen molar-refractivity contribution in [3.05, 3.63) is 20.3 Å². The molecule has 0 fully saturated rings. The largest absolute Gasteiger partial charge is 0.411 e. The van der Waals surface area contributed by atoms with Gasteiger partial charge in [-0.15, -0.1) is 22.9 Å². The van der Waals surface area contributed by atoms with Crippen LogP contribution in [0.3, 0.4) is 0 Å². The third kappa shape index (κ3) is 4.61. The van der Waals surface area contributed by atoms with Gasteiger partial charge in [-0.25, -0.2) is 0 Å². The van der Waals surface area contributed by atoms with Gasteiger partial charge in [0.2, 0.25) is 0 Å². The summed E-state index contributed by atoms with van der Waals surface area (Å²) in [7, 11) is 0. The van der Waals surface area contributed by atoms with E-state index < -0.39 is 18.2 Å². The van der Waals surface area contributed by atoms with Crippen molar-refractivity contribution in [3.8, 4) is 0 Å². The lowest BCUT2D eigenvalue weighted by atomic mass is 10.3. The van der Waals surface area contributed by atoms with Crippen molar-refractivity contribution in [2.24, 2.45) is 0 Å². The Balaban J connectivity index is 2.47. The lowest BCUT2D eigenvalue weighted by molar-refractivity contribution is -0.173. The number of rotatable bonds is 4. The van der Waals surface area contributed by atoms with Gasteiger partial charge in [-0.05, 0) is 28.9 Å². The maximum absolute atomic E-state index is 11.8. The van der Waals surface area contributed by atoms with Crippen molar-refractivity contribution in [3.63, 3.8) is 0 Å². The summed E-state index contributed by atoms with van der Waals surface area (Å²) in [6, 6.07) is 1.87. The fourth-order valence-corrected chi connectivity index (χ4v) is 3.43. The Labute approximate surface area is 109 Å². The first-order chi connectivity index (χ1) is 7.29. The van der Waals surface area contributed by atoms with Crippen LogP contribution in [0.4, 0.5) is 13.2 Å². The Morgan fingerprint density at radius 2 is 2.19 bits per heavy atom. The minimum Gasteiger partial charge on any atom is -0.370 e. The van der Waals surface area contributed by atoms with Gasteiger partial charge in [-0.3, -0.25) is 0 Å². The fraction of sp³-hybridized carbons (Fsp3) is 0.556. The topological polar surface area (TPSA) is 9.23 Å². The third-order valence-corrected chi connectivity index (χ3v) is 4.21. The number of hydrogen-bond donors (Lipinski definition) is 0. The molecule has 0 aliphatic rings. The van der Waals surface area contributed by atoms with Crippen LogP contribution in [0, 0.1) is 6.92 Å². The van der Waals surface area contributed by atoms with Crippen molar-refractivity contribution in [1.29, 1.82) is 0 Å². The molecule has 0 aromatic carbocycles. The Kier molecular flexibility index (Phi) is 5.10. The second-order valence-electron chi connectivity index (χ2n) is 3.17. The van der Waals surface area contributed by atoms with Crippen molar-refractivity contribution < 1.29 is 17.9 Å². The molecule has 0 amide bonds. The lowest BCUT2D eigenvalue weighted by Gasteiger charge is -2.11. The second kappa shape index (κ2) is 5.71. The first kappa shape index (κ1) is 14.3. The predicted octanol–water partition coefficient (Wildman–Crippen LogP) is 4.68. The van der Waals surface area contributed by atoms with Crippen LogP contribution in [0.1, 0.15) is 15.1 Å². The molecule has 1 rings (SSSR count). The summed E-state index contributed by atoms with van der Waals surface area (Å²) in [6.07, 6.45) is -4.31. The summed E-state index contributed by atoms with van der Waals surface area (Å²) < 4.78 is 40.8. The summed E-state index contributed by atoms with van der Waals surface area (Å²) in [4.78, 5) is 1.84. The molecule has 0 N–H and O–H groups in total. The molecule has 0 radical (unpaired) electrons. The minimum absolute atomic E-state index is 0.153. The highest BCUT2D eigenvalue weighted by atomic mass is 79.9. The van der Waals surface area contributed by atoms with E-state index in [1.807, 2.05) is 13.0 Å².